The summed E-state index contributed by atoms with van der Waals surface area (Å²) in [7, 11) is -10.2. The molecule has 0 spiro atoms. The van der Waals surface area contributed by atoms with Crippen LogP contribution in [0.4, 0.5) is 26.3 Å². The minimum atomic E-state index is -6.09. The predicted molar refractivity (Wildman–Crippen MR) is 156 cm³/mol. The van der Waals surface area contributed by atoms with E-state index in [4.69, 9.17) is 30.9 Å². The molecule has 4 heterocycles. The zero-order valence-electron chi connectivity index (χ0n) is 24.4. The molecule has 0 atom stereocenters. The van der Waals surface area contributed by atoms with Gasteiger partial charge in [0, 0.05) is 31.8 Å². The maximum atomic E-state index is 10.7. The molecule has 260 valence electrons. The first-order valence-electron chi connectivity index (χ1n) is 12.6. The van der Waals surface area contributed by atoms with Gasteiger partial charge in [0.2, 0.25) is 0 Å². The fourth-order valence-electron chi connectivity index (χ4n) is 3.20. The Morgan fingerprint density at radius 3 is 1.38 bits per heavy atom. The van der Waals surface area contributed by atoms with Gasteiger partial charge in [-0.15, -0.1) is 0 Å². The normalized spacial score (nSPS) is 11.3. The summed E-state index contributed by atoms with van der Waals surface area (Å²) >= 11 is 0. The number of nitrogens with zero attached hydrogens (tertiary/aromatic N) is 5. The molecule has 5 aromatic rings. The zero-order valence-corrected chi connectivity index (χ0v) is 28.3. The van der Waals surface area contributed by atoms with Crippen LogP contribution in [0.3, 0.4) is 0 Å². The first kappa shape index (κ1) is 42.0. The summed E-state index contributed by atoms with van der Waals surface area (Å²) in [6.07, 6.45) is 8.97. The van der Waals surface area contributed by atoms with Crippen molar-refractivity contribution in [2.24, 2.45) is 7.05 Å². The van der Waals surface area contributed by atoms with Crippen LogP contribution in [0, 0.1) is 6.92 Å². The smallest absolute Gasteiger partial charge is 0.741 e. The van der Waals surface area contributed by atoms with E-state index in [-0.39, 0.29) is 21.1 Å². The Kier molecular flexibility index (Phi) is 15.7. The first-order chi connectivity index (χ1) is 21.7. The van der Waals surface area contributed by atoms with Gasteiger partial charge >= 0.3 is 32.1 Å². The van der Waals surface area contributed by atoms with E-state index < -0.39 is 31.3 Å². The third kappa shape index (κ3) is 13.6. The molecule has 5 rings (SSSR count). The van der Waals surface area contributed by atoms with Crippen molar-refractivity contribution in [1.82, 2.24) is 24.5 Å². The van der Waals surface area contributed by atoms with E-state index in [0.29, 0.717) is 0 Å². The van der Waals surface area contributed by atoms with Gasteiger partial charge in [0.15, 0.2) is 20.2 Å². The van der Waals surface area contributed by atoms with Gasteiger partial charge in [-0.05, 0) is 60.0 Å². The number of imidazole rings is 1. The van der Waals surface area contributed by atoms with E-state index in [1.54, 1.807) is 24.9 Å². The van der Waals surface area contributed by atoms with Gasteiger partial charge < -0.3 is 13.7 Å². The van der Waals surface area contributed by atoms with Crippen molar-refractivity contribution in [2.45, 2.75) is 17.9 Å². The second kappa shape index (κ2) is 17.9. The summed E-state index contributed by atoms with van der Waals surface area (Å²) in [5, 5.41) is 0. The Balaban J connectivity index is 0.000000410. The number of benzene rings is 1. The monoisotopic (exact) mass is 898 g/mol. The molecule has 0 bridgehead atoms. The van der Waals surface area contributed by atoms with Crippen molar-refractivity contribution in [3.63, 3.8) is 0 Å². The van der Waals surface area contributed by atoms with Gasteiger partial charge in [0.25, 0.3) is 0 Å². The summed E-state index contributed by atoms with van der Waals surface area (Å²) in [6, 6.07) is 24.3. The molecule has 0 unspecified atom stereocenters. The molecule has 0 N–H and O–H groups in total. The molecule has 0 radical (unpaired) electrons. The van der Waals surface area contributed by atoms with E-state index in [2.05, 4.69) is 58.3 Å². The molecule has 4 aromatic heterocycles. The molecule has 1 aromatic carbocycles. The van der Waals surface area contributed by atoms with Crippen LogP contribution in [0.1, 0.15) is 5.56 Å². The maximum Gasteiger partial charge on any atom is 2.00 e. The average Bonchev–Trinajstić information content (AvgIpc) is 3.48. The van der Waals surface area contributed by atoms with Crippen LogP contribution in [-0.4, -0.2) is 61.5 Å². The molecule has 0 amide bonds. The van der Waals surface area contributed by atoms with Crippen molar-refractivity contribution in [3.05, 3.63) is 109 Å². The number of pyridine rings is 3. The number of aryl methyl sites for hydroxylation is 2. The Labute approximate surface area is 285 Å². The SMILES string of the molecule is Cc1ccccc1-c1cc(-c2ccccn2)nc(-c2ccccn2)c1.Cn1ccnc1.O=S(=O)([O-])C(F)(F)F.O=S(=O)([O-])C(F)(F)F.[Pt+2]. The second-order valence-corrected chi connectivity index (χ2v) is 11.6. The number of hydrogen-bond acceptors (Lipinski definition) is 10. The largest absolute Gasteiger partial charge is 2.00 e. The van der Waals surface area contributed by atoms with Crippen molar-refractivity contribution >= 4 is 20.2 Å². The fourth-order valence-corrected chi connectivity index (χ4v) is 3.20. The quantitative estimate of drug-likeness (QED) is 0.124. The third-order valence-corrected chi connectivity index (χ3v) is 6.47. The minimum Gasteiger partial charge on any atom is -0.741 e. The Morgan fingerprint density at radius 1 is 0.667 bits per heavy atom. The van der Waals surface area contributed by atoms with Gasteiger partial charge in [-0.2, -0.15) is 26.3 Å². The summed E-state index contributed by atoms with van der Waals surface area (Å²) in [5.41, 5.74) is -4.34. The van der Waals surface area contributed by atoms with E-state index in [0.717, 1.165) is 28.3 Å². The topological polar surface area (TPSA) is 171 Å². The van der Waals surface area contributed by atoms with Crippen LogP contribution in [0.2, 0.25) is 0 Å². The summed E-state index contributed by atoms with van der Waals surface area (Å²) in [5.74, 6) is 0. The van der Waals surface area contributed by atoms with Crippen LogP contribution < -0.4 is 0 Å². The van der Waals surface area contributed by atoms with E-state index in [9.17, 15) is 26.3 Å². The number of aromatic nitrogens is 5. The maximum absolute atomic E-state index is 10.7. The van der Waals surface area contributed by atoms with Gasteiger partial charge in [-0.3, -0.25) is 9.97 Å². The third-order valence-electron chi connectivity index (χ3n) is 5.34. The van der Waals surface area contributed by atoms with Gasteiger partial charge in [-0.1, -0.05) is 36.4 Å². The molecule has 0 aliphatic rings. The Hall–Kier alpha value is -4.03. The van der Waals surface area contributed by atoms with E-state index in [1.165, 1.54) is 11.1 Å². The Bertz CT molecular complexity index is 1830. The molecule has 0 aliphatic carbocycles. The number of alkyl halides is 6. The minimum absolute atomic E-state index is 0. The number of hydrogen-bond donors (Lipinski definition) is 0. The van der Waals surface area contributed by atoms with Crippen molar-refractivity contribution in [1.29, 1.82) is 0 Å². The van der Waals surface area contributed by atoms with Gasteiger partial charge in [0.1, 0.15) is 0 Å². The van der Waals surface area contributed by atoms with Crippen LogP contribution in [0.5, 0.6) is 0 Å². The molecular weight excluding hydrogens is 876 g/mol. The molecule has 0 saturated heterocycles. The Morgan fingerprint density at radius 2 is 1.08 bits per heavy atom. The van der Waals surface area contributed by atoms with Gasteiger partial charge in [-0.25, -0.2) is 26.8 Å². The van der Waals surface area contributed by atoms with Crippen LogP contribution in [0.25, 0.3) is 33.9 Å². The molecule has 48 heavy (non-hydrogen) atoms. The van der Waals surface area contributed by atoms with Gasteiger partial charge in [0.05, 0.1) is 29.1 Å². The summed E-state index contributed by atoms with van der Waals surface area (Å²) in [6.45, 7) is 2.12. The average molecular weight is 899 g/mol. The second-order valence-electron chi connectivity index (χ2n) is 8.90. The summed E-state index contributed by atoms with van der Waals surface area (Å²) in [4.78, 5) is 17.5. The number of halogens is 6. The van der Waals surface area contributed by atoms with E-state index in [1.807, 2.05) is 54.2 Å². The first-order valence-corrected chi connectivity index (χ1v) is 15.4. The van der Waals surface area contributed by atoms with Crippen LogP contribution >= 0.6 is 0 Å². The molecule has 0 saturated carbocycles. The molecule has 20 heteroatoms. The molecule has 0 aliphatic heterocycles. The molecule has 11 nitrogen and oxygen atoms in total. The van der Waals surface area contributed by atoms with Crippen molar-refractivity contribution in [3.8, 4) is 33.9 Å². The predicted octanol–water partition coefficient (Wildman–Crippen LogP) is 5.70. The zero-order chi connectivity index (χ0) is 35.5. The van der Waals surface area contributed by atoms with Crippen LogP contribution in [-0.2, 0) is 48.3 Å². The summed E-state index contributed by atoms with van der Waals surface area (Å²) < 4.78 is 120. The number of rotatable bonds is 3. The van der Waals surface area contributed by atoms with E-state index >= 15 is 0 Å². The molecule has 0 fully saturated rings. The fraction of sp³-hybridized carbons (Fsp3) is 0.143. The van der Waals surface area contributed by atoms with Crippen molar-refractivity contribution in [2.75, 3.05) is 0 Å². The van der Waals surface area contributed by atoms with Crippen LogP contribution in [0.15, 0.2) is 104 Å². The molecular formula is C28H23F6N5O6PtS2. The van der Waals surface area contributed by atoms with Crippen molar-refractivity contribution < 1.29 is 73.3 Å². The standard InChI is InChI=1S/C22H17N3.C4H6N2.2CHF3O3S.Pt/c1-16-8-2-3-9-18(16)17-14-21(19-10-4-6-12-23-19)25-22(15-17)20-11-5-7-13-24-20;1-6-3-2-5-4-6;2*2-1(3,4)8(5,6)7;/h2-15H,1H3;2-4H,1H3;2*(H,5,6,7);/q;;;;+2/p-2.